The average molecular weight is 392 g/mol. The third-order valence-electron chi connectivity index (χ3n) is 4.27. The molecule has 140 valence electrons. The maximum absolute atomic E-state index is 10.5. The summed E-state index contributed by atoms with van der Waals surface area (Å²) in [4.78, 5) is 11.7. The molecule has 2 aromatic rings. The quantitative estimate of drug-likeness (QED) is 0.351. The third kappa shape index (κ3) is 6.93. The minimum absolute atomic E-state index is 0.279. The van der Waals surface area contributed by atoms with Crippen LogP contribution in [0.1, 0.15) is 48.8 Å². The highest BCUT2D eigenvalue weighted by atomic mass is 35.5. The fourth-order valence-corrected chi connectivity index (χ4v) is 4.13. The second kappa shape index (κ2) is 10.5. The van der Waals surface area contributed by atoms with Crippen molar-refractivity contribution >= 4 is 35.2 Å². The Morgan fingerprint density at radius 3 is 2.46 bits per heavy atom. The largest absolute Gasteiger partial charge is 0.481 e. The van der Waals surface area contributed by atoms with Crippen LogP contribution >= 0.6 is 23.5 Å². The molecule has 2 aromatic carbocycles. The van der Waals surface area contributed by atoms with Crippen molar-refractivity contribution in [2.45, 2.75) is 57.3 Å². The van der Waals surface area contributed by atoms with Crippen LogP contribution in [0.3, 0.4) is 0 Å². The molecule has 0 aliphatic carbocycles. The van der Waals surface area contributed by atoms with Crippen molar-refractivity contribution in [1.29, 1.82) is 0 Å². The molecule has 0 bridgehead atoms. The van der Waals surface area contributed by atoms with Crippen molar-refractivity contribution in [2.75, 3.05) is 4.72 Å². The van der Waals surface area contributed by atoms with Crippen molar-refractivity contribution in [2.24, 2.45) is 0 Å². The first-order chi connectivity index (χ1) is 12.5. The topological polar surface area (TPSA) is 49.3 Å². The summed E-state index contributed by atoms with van der Waals surface area (Å²) < 4.78 is 3.45. The minimum Gasteiger partial charge on any atom is -0.481 e. The van der Waals surface area contributed by atoms with Crippen LogP contribution in [0.4, 0.5) is 5.69 Å². The summed E-state index contributed by atoms with van der Waals surface area (Å²) in [7, 11) is 0. The second-order valence-corrected chi connectivity index (χ2v) is 7.89. The van der Waals surface area contributed by atoms with E-state index in [1.807, 2.05) is 12.1 Å². The number of carbonyl (C=O) groups is 1. The standard InChI is InChI=1S/C21H26ClNO2S/c1-15-12-18(22)13-16(2)21(15)23-26-19-10-7-9-17(14-19)8-5-3-4-6-11-20(24)25/h7,9-10,12-14,23H,3-6,8,11H2,1-2H3,(H,24,25). The first kappa shape index (κ1) is 20.7. The van der Waals surface area contributed by atoms with Crippen LogP contribution in [-0.4, -0.2) is 11.1 Å². The lowest BCUT2D eigenvalue weighted by Crippen LogP contribution is -1.95. The number of carboxylic acid groups (broad SMARTS) is 1. The Morgan fingerprint density at radius 2 is 1.77 bits per heavy atom. The normalized spacial score (nSPS) is 10.7. The third-order valence-corrected chi connectivity index (χ3v) is 5.29. The number of nitrogens with one attached hydrogen (secondary N) is 1. The van der Waals surface area contributed by atoms with Crippen molar-refractivity contribution in [3.05, 3.63) is 58.1 Å². The Labute approximate surface area is 165 Å². The van der Waals surface area contributed by atoms with Gasteiger partial charge in [-0.05, 0) is 86.0 Å². The molecule has 3 nitrogen and oxygen atoms in total. The van der Waals surface area contributed by atoms with Crippen LogP contribution in [-0.2, 0) is 11.2 Å². The van der Waals surface area contributed by atoms with E-state index in [0.717, 1.165) is 53.9 Å². The first-order valence-electron chi connectivity index (χ1n) is 8.96. The van der Waals surface area contributed by atoms with Crippen LogP contribution in [0.2, 0.25) is 5.02 Å². The van der Waals surface area contributed by atoms with Crippen molar-refractivity contribution in [3.63, 3.8) is 0 Å². The molecule has 2 rings (SSSR count). The number of unbranched alkanes of at least 4 members (excludes halogenated alkanes) is 3. The summed E-state index contributed by atoms with van der Waals surface area (Å²) >= 11 is 7.71. The SMILES string of the molecule is Cc1cc(Cl)cc(C)c1NSc1cccc(CCCCCCC(=O)O)c1. The number of carboxylic acids is 1. The second-order valence-electron chi connectivity index (χ2n) is 6.57. The van der Waals surface area contributed by atoms with Crippen molar-refractivity contribution < 1.29 is 9.90 Å². The Kier molecular flexibility index (Phi) is 8.33. The van der Waals surface area contributed by atoms with Gasteiger partial charge < -0.3 is 9.83 Å². The summed E-state index contributed by atoms with van der Waals surface area (Å²) in [6.07, 6.45) is 5.23. The zero-order valence-corrected chi connectivity index (χ0v) is 16.9. The maximum atomic E-state index is 10.5. The van der Waals surface area contributed by atoms with Crippen LogP contribution in [0, 0.1) is 13.8 Å². The van der Waals surface area contributed by atoms with E-state index < -0.39 is 5.97 Å². The summed E-state index contributed by atoms with van der Waals surface area (Å²) in [5.74, 6) is -0.701. The molecular weight excluding hydrogens is 366 g/mol. The molecule has 0 aliphatic heterocycles. The van der Waals surface area contributed by atoms with E-state index in [2.05, 4.69) is 42.8 Å². The van der Waals surface area contributed by atoms with Gasteiger partial charge in [0, 0.05) is 16.3 Å². The number of anilines is 1. The molecule has 0 unspecified atom stereocenters. The first-order valence-corrected chi connectivity index (χ1v) is 10.2. The van der Waals surface area contributed by atoms with Crippen LogP contribution in [0.15, 0.2) is 41.3 Å². The Balaban J connectivity index is 1.83. The number of halogens is 1. The fourth-order valence-electron chi connectivity index (χ4n) is 2.91. The molecule has 2 N–H and O–H groups in total. The molecule has 0 fully saturated rings. The highest BCUT2D eigenvalue weighted by Gasteiger charge is 2.05. The van der Waals surface area contributed by atoms with E-state index in [9.17, 15) is 4.79 Å². The summed E-state index contributed by atoms with van der Waals surface area (Å²) in [6.45, 7) is 4.12. The predicted molar refractivity (Wildman–Crippen MR) is 111 cm³/mol. The van der Waals surface area contributed by atoms with E-state index in [0.29, 0.717) is 0 Å². The molecular formula is C21H26ClNO2S. The summed E-state index contributed by atoms with van der Waals surface area (Å²) in [5.41, 5.74) is 4.71. The predicted octanol–water partition coefficient (Wildman–Crippen LogP) is 6.65. The van der Waals surface area contributed by atoms with Gasteiger partial charge in [0.25, 0.3) is 0 Å². The molecule has 5 heteroatoms. The molecule has 0 saturated heterocycles. The lowest BCUT2D eigenvalue weighted by molar-refractivity contribution is -0.137. The number of hydrogen-bond donors (Lipinski definition) is 2. The van der Waals surface area contributed by atoms with Gasteiger partial charge in [-0.2, -0.15) is 0 Å². The lowest BCUT2D eigenvalue weighted by atomic mass is 10.1. The number of benzene rings is 2. The van der Waals surface area contributed by atoms with Gasteiger partial charge in [0.1, 0.15) is 0 Å². The molecule has 0 aromatic heterocycles. The van der Waals surface area contributed by atoms with E-state index in [4.69, 9.17) is 16.7 Å². The summed E-state index contributed by atoms with van der Waals surface area (Å²) in [6, 6.07) is 12.5. The van der Waals surface area contributed by atoms with E-state index >= 15 is 0 Å². The van der Waals surface area contributed by atoms with Gasteiger partial charge in [0.05, 0.1) is 5.69 Å². The number of rotatable bonds is 10. The molecule has 0 spiro atoms. The van der Waals surface area contributed by atoms with Crippen LogP contribution in [0.25, 0.3) is 0 Å². The molecule has 0 atom stereocenters. The number of hydrogen-bond acceptors (Lipinski definition) is 3. The monoisotopic (exact) mass is 391 g/mol. The zero-order chi connectivity index (χ0) is 18.9. The Morgan fingerprint density at radius 1 is 1.08 bits per heavy atom. The maximum Gasteiger partial charge on any atom is 0.303 e. The van der Waals surface area contributed by atoms with Gasteiger partial charge in [0.2, 0.25) is 0 Å². The highest BCUT2D eigenvalue weighted by molar-refractivity contribution is 8.00. The van der Waals surface area contributed by atoms with Crippen molar-refractivity contribution in [1.82, 2.24) is 0 Å². The molecule has 26 heavy (non-hydrogen) atoms. The van der Waals surface area contributed by atoms with E-state index in [1.165, 1.54) is 10.5 Å². The van der Waals surface area contributed by atoms with E-state index in [1.54, 1.807) is 11.9 Å². The van der Waals surface area contributed by atoms with Crippen molar-refractivity contribution in [3.8, 4) is 0 Å². The molecule has 0 aliphatic rings. The van der Waals surface area contributed by atoms with Gasteiger partial charge in [-0.3, -0.25) is 4.79 Å². The minimum atomic E-state index is -0.701. The Bertz CT molecular complexity index is 726. The summed E-state index contributed by atoms with van der Waals surface area (Å²) in [5, 5.41) is 9.41. The fraction of sp³-hybridized carbons (Fsp3) is 0.381. The lowest BCUT2D eigenvalue weighted by Gasteiger charge is -2.13. The molecule has 0 saturated carbocycles. The smallest absolute Gasteiger partial charge is 0.303 e. The molecule has 0 heterocycles. The van der Waals surface area contributed by atoms with Crippen LogP contribution in [0.5, 0.6) is 0 Å². The van der Waals surface area contributed by atoms with Gasteiger partial charge >= 0.3 is 5.97 Å². The molecule has 0 amide bonds. The Hall–Kier alpha value is -1.65. The van der Waals surface area contributed by atoms with Gasteiger partial charge in [-0.25, -0.2) is 0 Å². The van der Waals surface area contributed by atoms with Gasteiger partial charge in [0.15, 0.2) is 0 Å². The molecule has 0 radical (unpaired) electrons. The zero-order valence-electron chi connectivity index (χ0n) is 15.3. The number of aliphatic carboxylic acids is 1. The van der Waals surface area contributed by atoms with Gasteiger partial charge in [-0.1, -0.05) is 36.6 Å². The van der Waals surface area contributed by atoms with E-state index in [-0.39, 0.29) is 6.42 Å². The van der Waals surface area contributed by atoms with Gasteiger partial charge in [-0.15, -0.1) is 0 Å². The highest BCUT2D eigenvalue weighted by Crippen LogP contribution is 2.29. The average Bonchev–Trinajstić information content (AvgIpc) is 2.57. The number of aryl methyl sites for hydroxylation is 3. The van der Waals surface area contributed by atoms with Crippen LogP contribution < -0.4 is 4.72 Å².